The predicted molar refractivity (Wildman–Crippen MR) is 148 cm³/mol. The monoisotopic (exact) mass is 537 g/mol. The zero-order chi connectivity index (χ0) is 28.0. The fraction of sp³-hybridized carbons (Fsp3) is 0.300. The van der Waals surface area contributed by atoms with Crippen molar-refractivity contribution in [3.05, 3.63) is 83.9 Å². The lowest BCUT2D eigenvalue weighted by molar-refractivity contribution is -0.133. The van der Waals surface area contributed by atoms with Gasteiger partial charge in [-0.2, -0.15) is 0 Å². The normalized spacial score (nSPS) is 12.1. The van der Waals surface area contributed by atoms with E-state index in [1.165, 1.54) is 7.11 Å². The van der Waals surface area contributed by atoms with Crippen LogP contribution in [0.15, 0.2) is 72.8 Å². The van der Waals surface area contributed by atoms with E-state index in [-0.39, 0.29) is 13.2 Å². The number of para-hydroxylation sites is 1. The van der Waals surface area contributed by atoms with Gasteiger partial charge in [0.1, 0.15) is 24.2 Å². The summed E-state index contributed by atoms with van der Waals surface area (Å²) in [4.78, 5) is 18.4. The smallest absolute Gasteiger partial charge is 0.338 e. The van der Waals surface area contributed by atoms with Crippen molar-refractivity contribution in [2.45, 2.75) is 6.10 Å². The molecule has 0 aliphatic heterocycles. The van der Waals surface area contributed by atoms with Crippen LogP contribution < -0.4 is 19.0 Å². The Balaban J connectivity index is 1.66. The number of methoxy groups -OCH3 is 4. The number of benzene rings is 3. The lowest BCUT2D eigenvalue weighted by Crippen LogP contribution is -2.39. The number of aliphatic hydroxyl groups is 1. The van der Waals surface area contributed by atoms with Crippen molar-refractivity contribution < 1.29 is 38.4 Å². The van der Waals surface area contributed by atoms with Gasteiger partial charge in [-0.15, -0.1) is 5.06 Å². The first-order valence-electron chi connectivity index (χ1n) is 12.4. The minimum atomic E-state index is -0.819. The maximum absolute atomic E-state index is 12.6. The summed E-state index contributed by atoms with van der Waals surface area (Å²) in [6.45, 7) is 1.18. The topological polar surface area (TPSA) is 95.9 Å². The molecule has 0 radical (unpaired) electrons. The molecule has 9 nitrogen and oxygen atoms in total. The number of rotatable bonds is 15. The first kappa shape index (κ1) is 29.5. The number of hydrogen-bond donors (Lipinski definition) is 1. The maximum atomic E-state index is 12.6. The Labute approximate surface area is 229 Å². The maximum Gasteiger partial charge on any atom is 0.338 e. The van der Waals surface area contributed by atoms with Crippen molar-refractivity contribution in [2.24, 2.45) is 0 Å². The molecule has 0 aliphatic rings. The average Bonchev–Trinajstić information content (AvgIpc) is 2.97. The Hall–Kier alpha value is -4.05. The van der Waals surface area contributed by atoms with Gasteiger partial charge in [-0.25, -0.2) is 4.79 Å². The Morgan fingerprint density at radius 1 is 0.897 bits per heavy atom. The van der Waals surface area contributed by atoms with Crippen molar-refractivity contribution in [1.29, 1.82) is 0 Å². The molecule has 0 aromatic heterocycles. The number of aliphatic hydroxyl groups excluding tert-OH is 1. The first-order valence-corrected chi connectivity index (χ1v) is 12.4. The van der Waals surface area contributed by atoms with Crippen LogP contribution in [-0.4, -0.2) is 77.0 Å². The minimum Gasteiger partial charge on any atom is -0.493 e. The lowest BCUT2D eigenvalue weighted by Gasteiger charge is -2.24. The summed E-state index contributed by atoms with van der Waals surface area (Å²) in [5.41, 5.74) is 1.75. The highest BCUT2D eigenvalue weighted by Crippen LogP contribution is 2.30. The van der Waals surface area contributed by atoms with Crippen molar-refractivity contribution in [3.8, 4) is 23.0 Å². The highest BCUT2D eigenvalue weighted by molar-refractivity contribution is 6.21. The molecule has 0 bridgehead atoms. The number of carbonyl (C=O) groups is 1. The van der Waals surface area contributed by atoms with Gasteiger partial charge in [0.2, 0.25) is 0 Å². The zero-order valence-electron chi connectivity index (χ0n) is 22.7. The second-order valence-electron chi connectivity index (χ2n) is 8.44. The van der Waals surface area contributed by atoms with Crippen LogP contribution in [0.4, 0.5) is 0 Å². The van der Waals surface area contributed by atoms with Crippen molar-refractivity contribution in [2.75, 3.05) is 54.7 Å². The number of hydroxylamine groups is 2. The molecular formula is C30H35NO8. The second kappa shape index (κ2) is 15.4. The number of hydrogen-bond acceptors (Lipinski definition) is 9. The molecule has 3 aromatic carbocycles. The Morgan fingerprint density at radius 3 is 2.26 bits per heavy atom. The van der Waals surface area contributed by atoms with Gasteiger partial charge in [0.25, 0.3) is 0 Å². The minimum absolute atomic E-state index is 0.0479. The molecule has 0 spiro atoms. The van der Waals surface area contributed by atoms with Crippen LogP contribution in [0.25, 0.3) is 11.6 Å². The SMILES string of the molecule is COCCN(CC(O)COc1ccc(/C(=C\c2ccc(OC)c(OC)c2)C(=O)OC)cc1)Oc1ccccc1. The molecule has 0 fully saturated rings. The van der Waals surface area contributed by atoms with Crippen LogP contribution in [0.2, 0.25) is 0 Å². The first-order chi connectivity index (χ1) is 19.0. The van der Waals surface area contributed by atoms with Gasteiger partial charge in [0, 0.05) is 7.11 Å². The molecule has 1 N–H and O–H groups in total. The van der Waals surface area contributed by atoms with E-state index in [0.29, 0.717) is 47.3 Å². The summed E-state index contributed by atoms with van der Waals surface area (Å²) >= 11 is 0. The molecule has 0 saturated heterocycles. The van der Waals surface area contributed by atoms with Crippen LogP contribution in [0.5, 0.6) is 23.0 Å². The van der Waals surface area contributed by atoms with Gasteiger partial charge in [0.05, 0.1) is 46.6 Å². The fourth-order valence-electron chi connectivity index (χ4n) is 3.69. The van der Waals surface area contributed by atoms with Crippen molar-refractivity contribution in [3.63, 3.8) is 0 Å². The molecule has 208 valence electrons. The van der Waals surface area contributed by atoms with E-state index >= 15 is 0 Å². The molecule has 1 unspecified atom stereocenters. The van der Waals surface area contributed by atoms with E-state index in [2.05, 4.69) is 0 Å². The quantitative estimate of drug-likeness (QED) is 0.133. The van der Waals surface area contributed by atoms with Gasteiger partial charge in [-0.05, 0) is 53.6 Å². The van der Waals surface area contributed by atoms with E-state index in [9.17, 15) is 9.90 Å². The highest BCUT2D eigenvalue weighted by atomic mass is 16.7. The number of esters is 1. The third-order valence-electron chi connectivity index (χ3n) is 5.67. The van der Waals surface area contributed by atoms with Gasteiger partial charge in [0.15, 0.2) is 11.5 Å². The number of ether oxygens (including phenoxy) is 5. The number of nitrogens with zero attached hydrogens (tertiary/aromatic N) is 1. The lowest BCUT2D eigenvalue weighted by atomic mass is 10.0. The molecule has 3 rings (SSSR count). The van der Waals surface area contributed by atoms with E-state index in [1.54, 1.807) is 68.9 Å². The van der Waals surface area contributed by atoms with Crippen LogP contribution in [0.1, 0.15) is 11.1 Å². The average molecular weight is 538 g/mol. The largest absolute Gasteiger partial charge is 0.493 e. The summed E-state index contributed by atoms with van der Waals surface area (Å²) < 4.78 is 26.6. The van der Waals surface area contributed by atoms with Gasteiger partial charge < -0.3 is 33.6 Å². The van der Waals surface area contributed by atoms with Crippen LogP contribution >= 0.6 is 0 Å². The predicted octanol–water partition coefficient (Wildman–Crippen LogP) is 4.10. The third kappa shape index (κ3) is 9.03. The van der Waals surface area contributed by atoms with E-state index < -0.39 is 12.1 Å². The van der Waals surface area contributed by atoms with Crippen LogP contribution in [-0.2, 0) is 14.3 Å². The summed E-state index contributed by atoms with van der Waals surface area (Å²) in [5, 5.41) is 12.2. The molecule has 3 aromatic rings. The molecule has 0 heterocycles. The van der Waals surface area contributed by atoms with E-state index in [1.807, 2.05) is 36.4 Å². The van der Waals surface area contributed by atoms with Gasteiger partial charge >= 0.3 is 5.97 Å². The molecular weight excluding hydrogens is 502 g/mol. The Kier molecular flexibility index (Phi) is 11.6. The number of carbonyl (C=O) groups excluding carboxylic acids is 1. The Bertz CT molecular complexity index is 1200. The molecule has 0 amide bonds. The van der Waals surface area contributed by atoms with Gasteiger partial charge in [-0.1, -0.05) is 36.4 Å². The standard InChI is InChI=1S/C30H35NO8/c1-34-17-16-31(39-26-8-6-5-7-9-26)20-24(32)21-38-25-13-11-23(12-14-25)27(30(33)37-4)18-22-10-15-28(35-2)29(19-22)36-3/h5-15,18-19,24,32H,16-17,20-21H2,1-4H3/b27-18+. The highest BCUT2D eigenvalue weighted by Gasteiger charge is 2.16. The van der Waals surface area contributed by atoms with Crippen molar-refractivity contribution >= 4 is 17.6 Å². The summed E-state index contributed by atoms with van der Waals surface area (Å²) in [7, 11) is 6.06. The summed E-state index contributed by atoms with van der Waals surface area (Å²) in [6, 6.07) is 21.7. The van der Waals surface area contributed by atoms with Crippen molar-refractivity contribution in [1.82, 2.24) is 5.06 Å². The molecule has 39 heavy (non-hydrogen) atoms. The zero-order valence-corrected chi connectivity index (χ0v) is 22.7. The van der Waals surface area contributed by atoms with Crippen LogP contribution in [0.3, 0.4) is 0 Å². The molecule has 1 atom stereocenters. The third-order valence-corrected chi connectivity index (χ3v) is 5.67. The van der Waals surface area contributed by atoms with E-state index in [0.717, 1.165) is 5.56 Å². The molecule has 9 heteroatoms. The summed E-state index contributed by atoms with van der Waals surface area (Å²) in [6.07, 6.45) is 0.898. The fourth-order valence-corrected chi connectivity index (χ4v) is 3.69. The molecule has 0 aliphatic carbocycles. The van der Waals surface area contributed by atoms with Gasteiger partial charge in [-0.3, -0.25) is 0 Å². The summed E-state index contributed by atoms with van der Waals surface area (Å²) in [5.74, 6) is 1.86. The Morgan fingerprint density at radius 2 is 1.62 bits per heavy atom. The second-order valence-corrected chi connectivity index (χ2v) is 8.44. The molecule has 0 saturated carbocycles. The van der Waals surface area contributed by atoms with E-state index in [4.69, 9.17) is 28.5 Å². The van der Waals surface area contributed by atoms with Crippen LogP contribution in [0, 0.1) is 0 Å².